The van der Waals surface area contributed by atoms with Crippen LogP contribution >= 0.6 is 23.4 Å². The van der Waals surface area contributed by atoms with Gasteiger partial charge in [-0.15, -0.1) is 11.8 Å². The molecular formula is C10H9ClS. The van der Waals surface area contributed by atoms with E-state index < -0.39 is 0 Å². The van der Waals surface area contributed by atoms with E-state index in [1.54, 1.807) is 11.8 Å². The molecule has 1 heterocycles. The van der Waals surface area contributed by atoms with Crippen molar-refractivity contribution in [2.75, 3.05) is 5.75 Å². The van der Waals surface area contributed by atoms with Crippen LogP contribution in [0.25, 0.3) is 0 Å². The molecule has 0 bridgehead atoms. The summed E-state index contributed by atoms with van der Waals surface area (Å²) in [7, 11) is 0. The van der Waals surface area contributed by atoms with Gasteiger partial charge in [0.05, 0.1) is 4.36 Å². The third-order valence-corrected chi connectivity index (χ3v) is 3.35. The van der Waals surface area contributed by atoms with Gasteiger partial charge in [-0.3, -0.25) is 0 Å². The monoisotopic (exact) mass is 196 g/mol. The second kappa shape index (κ2) is 3.55. The second-order valence-corrected chi connectivity index (χ2v) is 4.49. The van der Waals surface area contributed by atoms with E-state index in [9.17, 15) is 0 Å². The smallest absolute Gasteiger partial charge is 0.0701 e. The van der Waals surface area contributed by atoms with Gasteiger partial charge in [-0.05, 0) is 5.56 Å². The van der Waals surface area contributed by atoms with Crippen molar-refractivity contribution in [3.63, 3.8) is 0 Å². The van der Waals surface area contributed by atoms with E-state index in [1.807, 2.05) is 6.07 Å². The molecule has 2 heteroatoms. The molecule has 12 heavy (non-hydrogen) atoms. The van der Waals surface area contributed by atoms with Gasteiger partial charge in [0.25, 0.3) is 0 Å². The largest absolute Gasteiger partial charge is 0.113 e. The van der Waals surface area contributed by atoms with E-state index in [4.69, 9.17) is 11.6 Å². The lowest BCUT2D eigenvalue weighted by molar-refractivity contribution is 0.999. The van der Waals surface area contributed by atoms with Crippen LogP contribution in [0, 0.1) is 0 Å². The number of hydrogen-bond acceptors (Lipinski definition) is 1. The molecule has 2 rings (SSSR count). The summed E-state index contributed by atoms with van der Waals surface area (Å²) in [5.74, 6) is 1.60. The standard InChI is InChI=1S/C10H9ClS/c11-10-6-9(7-12-10)8-4-2-1-3-5-8/h1-6,9H,7H2. The zero-order chi connectivity index (χ0) is 8.39. The molecule has 0 spiro atoms. The van der Waals surface area contributed by atoms with Crippen molar-refractivity contribution < 1.29 is 0 Å². The molecule has 0 amide bonds. The lowest BCUT2D eigenvalue weighted by Crippen LogP contribution is -1.92. The highest BCUT2D eigenvalue weighted by Crippen LogP contribution is 2.37. The Hall–Kier alpha value is -0.400. The zero-order valence-electron chi connectivity index (χ0n) is 6.53. The first kappa shape index (κ1) is 8.21. The van der Waals surface area contributed by atoms with Crippen LogP contribution in [0.4, 0.5) is 0 Å². The number of hydrogen-bond donors (Lipinski definition) is 0. The summed E-state index contributed by atoms with van der Waals surface area (Å²) in [6.45, 7) is 0. The van der Waals surface area contributed by atoms with E-state index >= 15 is 0 Å². The lowest BCUT2D eigenvalue weighted by Gasteiger charge is -2.04. The molecule has 1 aliphatic heterocycles. The van der Waals surface area contributed by atoms with Crippen molar-refractivity contribution in [1.29, 1.82) is 0 Å². The predicted octanol–water partition coefficient (Wildman–Crippen LogP) is 3.60. The number of halogens is 1. The molecule has 62 valence electrons. The molecule has 0 saturated carbocycles. The van der Waals surface area contributed by atoms with E-state index in [1.165, 1.54) is 5.56 Å². The maximum atomic E-state index is 5.88. The van der Waals surface area contributed by atoms with Crippen molar-refractivity contribution in [3.8, 4) is 0 Å². The maximum absolute atomic E-state index is 5.88. The van der Waals surface area contributed by atoms with Crippen LogP contribution in [0.3, 0.4) is 0 Å². The van der Waals surface area contributed by atoms with E-state index in [0.29, 0.717) is 5.92 Å². The summed E-state index contributed by atoms with van der Waals surface area (Å²) in [6.07, 6.45) is 2.13. The van der Waals surface area contributed by atoms with E-state index in [-0.39, 0.29) is 0 Å². The van der Waals surface area contributed by atoms with Crippen LogP contribution in [-0.2, 0) is 0 Å². The Balaban J connectivity index is 2.22. The highest BCUT2D eigenvalue weighted by Gasteiger charge is 2.15. The predicted molar refractivity (Wildman–Crippen MR) is 55.6 cm³/mol. The Morgan fingerprint density at radius 1 is 1.25 bits per heavy atom. The molecule has 0 aliphatic carbocycles. The Morgan fingerprint density at radius 2 is 2.00 bits per heavy atom. The number of benzene rings is 1. The van der Waals surface area contributed by atoms with Crippen LogP contribution in [-0.4, -0.2) is 5.75 Å². The SMILES string of the molecule is ClC1=CC(c2ccccc2)CS1. The molecule has 0 fully saturated rings. The minimum absolute atomic E-state index is 0.517. The van der Waals surface area contributed by atoms with Gasteiger partial charge in [-0.1, -0.05) is 48.0 Å². The van der Waals surface area contributed by atoms with Crippen molar-refractivity contribution in [2.24, 2.45) is 0 Å². The summed E-state index contributed by atoms with van der Waals surface area (Å²) < 4.78 is 0.934. The van der Waals surface area contributed by atoms with E-state index in [2.05, 4.69) is 30.3 Å². The third-order valence-electron chi connectivity index (χ3n) is 1.96. The Morgan fingerprint density at radius 3 is 2.58 bits per heavy atom. The van der Waals surface area contributed by atoms with Gasteiger partial charge in [0, 0.05) is 11.7 Å². The van der Waals surface area contributed by atoms with Gasteiger partial charge in [-0.2, -0.15) is 0 Å². The lowest BCUT2D eigenvalue weighted by atomic mass is 10.0. The summed E-state index contributed by atoms with van der Waals surface area (Å²) in [4.78, 5) is 0. The van der Waals surface area contributed by atoms with Crippen molar-refractivity contribution >= 4 is 23.4 Å². The van der Waals surface area contributed by atoms with Gasteiger partial charge in [0.15, 0.2) is 0 Å². The maximum Gasteiger partial charge on any atom is 0.0701 e. The fourth-order valence-electron chi connectivity index (χ4n) is 1.32. The van der Waals surface area contributed by atoms with Gasteiger partial charge in [0.1, 0.15) is 0 Å². The van der Waals surface area contributed by atoms with Crippen LogP contribution in [0.1, 0.15) is 11.5 Å². The van der Waals surface area contributed by atoms with Crippen molar-refractivity contribution in [2.45, 2.75) is 5.92 Å². The molecule has 1 aromatic rings. The van der Waals surface area contributed by atoms with Crippen LogP contribution in [0.2, 0.25) is 0 Å². The zero-order valence-corrected chi connectivity index (χ0v) is 8.11. The summed E-state index contributed by atoms with van der Waals surface area (Å²) >= 11 is 7.61. The van der Waals surface area contributed by atoms with Crippen LogP contribution in [0.15, 0.2) is 40.8 Å². The van der Waals surface area contributed by atoms with Gasteiger partial charge >= 0.3 is 0 Å². The average Bonchev–Trinajstić information content (AvgIpc) is 2.54. The first-order valence-electron chi connectivity index (χ1n) is 3.91. The first-order chi connectivity index (χ1) is 5.86. The highest BCUT2D eigenvalue weighted by molar-refractivity contribution is 8.04. The molecule has 1 aliphatic rings. The Bertz CT molecular complexity index is 292. The Kier molecular flexibility index (Phi) is 2.43. The van der Waals surface area contributed by atoms with Crippen molar-refractivity contribution in [3.05, 3.63) is 46.3 Å². The van der Waals surface area contributed by atoms with Gasteiger partial charge in [-0.25, -0.2) is 0 Å². The molecular weight excluding hydrogens is 188 g/mol. The molecule has 1 unspecified atom stereocenters. The molecule has 0 radical (unpaired) electrons. The first-order valence-corrected chi connectivity index (χ1v) is 5.27. The average molecular weight is 197 g/mol. The highest BCUT2D eigenvalue weighted by atomic mass is 35.5. The summed E-state index contributed by atoms with van der Waals surface area (Å²) in [6, 6.07) is 10.5. The summed E-state index contributed by atoms with van der Waals surface area (Å²) in [5, 5.41) is 0. The van der Waals surface area contributed by atoms with Crippen LogP contribution in [0.5, 0.6) is 0 Å². The van der Waals surface area contributed by atoms with Crippen LogP contribution < -0.4 is 0 Å². The van der Waals surface area contributed by atoms with E-state index in [0.717, 1.165) is 10.1 Å². The minimum atomic E-state index is 0.517. The molecule has 0 aromatic heterocycles. The fraction of sp³-hybridized carbons (Fsp3) is 0.200. The fourth-order valence-corrected chi connectivity index (χ4v) is 2.55. The Labute approximate surface area is 81.6 Å². The third kappa shape index (κ3) is 1.67. The molecule has 1 atom stereocenters. The second-order valence-electron chi connectivity index (χ2n) is 2.80. The molecule has 0 N–H and O–H groups in total. The number of allylic oxidation sites excluding steroid dienone is 1. The van der Waals surface area contributed by atoms with Gasteiger partial charge in [0.2, 0.25) is 0 Å². The van der Waals surface area contributed by atoms with Crippen molar-refractivity contribution in [1.82, 2.24) is 0 Å². The molecule has 0 nitrogen and oxygen atoms in total. The van der Waals surface area contributed by atoms with Gasteiger partial charge < -0.3 is 0 Å². The molecule has 1 aromatic carbocycles. The summed E-state index contributed by atoms with van der Waals surface area (Å²) in [5.41, 5.74) is 1.36. The molecule has 0 saturated heterocycles. The number of thioether (sulfide) groups is 1. The topological polar surface area (TPSA) is 0 Å². The number of rotatable bonds is 1. The normalized spacial score (nSPS) is 22.4. The minimum Gasteiger partial charge on any atom is -0.113 e. The quantitative estimate of drug-likeness (QED) is 0.662.